The van der Waals surface area contributed by atoms with Crippen molar-refractivity contribution in [3.05, 3.63) is 171 Å². The Labute approximate surface area is 387 Å². The first-order valence-corrected chi connectivity index (χ1v) is 24.5. The largest absolute Gasteiger partial charge is 0.311 e. The van der Waals surface area contributed by atoms with Crippen LogP contribution in [0.2, 0.25) is 0 Å². The second-order valence-corrected chi connectivity index (χ2v) is 22.5. The SMILES string of the molecule is Cc1cc2c3c(c1)N(c1c(C)cc(C(C)(C)C)cc1C)c1cc(-c4ccc5sccc5c4)ccc1B3c1ccc(-c3ccc4sccc4c3)cc1N2c1c(C)cc(C(C)(C)C)cc1C. The quantitative estimate of drug-likeness (QED) is 0.163. The molecule has 2 aliphatic heterocycles. The van der Waals surface area contributed by atoms with Crippen molar-refractivity contribution < 1.29 is 0 Å². The van der Waals surface area contributed by atoms with Crippen LogP contribution in [0.4, 0.5) is 34.1 Å². The number of anilines is 6. The Morgan fingerprint density at radius 3 is 1.17 bits per heavy atom. The molecule has 0 N–H and O–H groups in total. The van der Waals surface area contributed by atoms with Crippen molar-refractivity contribution in [1.82, 2.24) is 0 Å². The van der Waals surface area contributed by atoms with Crippen molar-refractivity contribution in [2.75, 3.05) is 9.80 Å². The van der Waals surface area contributed by atoms with E-state index in [0.29, 0.717) is 0 Å². The number of fused-ring (bicyclic) bond motifs is 6. The number of nitrogens with zero attached hydrogens (tertiary/aromatic N) is 2. The summed E-state index contributed by atoms with van der Waals surface area (Å²) in [4.78, 5) is 5.27. The Morgan fingerprint density at radius 2 is 0.781 bits per heavy atom. The van der Waals surface area contributed by atoms with Crippen LogP contribution in [0.1, 0.15) is 80.5 Å². The van der Waals surface area contributed by atoms with Crippen LogP contribution in [-0.2, 0) is 10.8 Å². The average molecular weight is 867 g/mol. The van der Waals surface area contributed by atoms with E-state index in [-0.39, 0.29) is 17.5 Å². The van der Waals surface area contributed by atoms with Crippen LogP contribution in [0.3, 0.4) is 0 Å². The van der Waals surface area contributed by atoms with Gasteiger partial charge in [0.25, 0.3) is 6.71 Å². The Kier molecular flexibility index (Phi) is 9.31. The van der Waals surface area contributed by atoms with E-state index >= 15 is 0 Å². The maximum atomic E-state index is 2.64. The molecule has 0 fully saturated rings. The molecule has 11 rings (SSSR count). The van der Waals surface area contributed by atoms with Gasteiger partial charge in [-0.15, -0.1) is 22.7 Å². The second-order valence-electron chi connectivity index (χ2n) is 20.6. The molecule has 0 amide bonds. The van der Waals surface area contributed by atoms with Crippen LogP contribution in [0.25, 0.3) is 42.4 Å². The molecule has 4 heterocycles. The summed E-state index contributed by atoms with van der Waals surface area (Å²) >= 11 is 3.61. The fraction of sp³-hybridized carbons (Fsp3) is 0.220. The minimum absolute atomic E-state index is 0.0221. The van der Waals surface area contributed by atoms with E-state index in [0.717, 1.165) is 0 Å². The van der Waals surface area contributed by atoms with Gasteiger partial charge in [0, 0.05) is 32.1 Å². The van der Waals surface area contributed by atoms with Crippen LogP contribution >= 0.6 is 22.7 Å². The molecule has 0 spiro atoms. The molecule has 5 heteroatoms. The summed E-state index contributed by atoms with van der Waals surface area (Å²) in [5, 5.41) is 6.99. The molecule has 2 aliphatic rings. The molecule has 64 heavy (non-hydrogen) atoms. The van der Waals surface area contributed by atoms with Crippen LogP contribution in [-0.4, -0.2) is 6.71 Å². The average Bonchev–Trinajstić information content (AvgIpc) is 3.93. The Morgan fingerprint density at radius 1 is 0.406 bits per heavy atom. The van der Waals surface area contributed by atoms with Crippen molar-refractivity contribution in [2.45, 2.75) is 87.0 Å². The third-order valence-corrected chi connectivity index (χ3v) is 15.7. The lowest BCUT2D eigenvalue weighted by Crippen LogP contribution is -2.61. The fourth-order valence-corrected chi connectivity index (χ4v) is 12.3. The first-order valence-electron chi connectivity index (χ1n) is 22.7. The highest BCUT2D eigenvalue weighted by Gasteiger charge is 2.44. The molecule has 0 unspecified atom stereocenters. The lowest BCUT2D eigenvalue weighted by Gasteiger charge is -2.46. The Bertz CT molecular complexity index is 3120. The van der Waals surface area contributed by atoms with Gasteiger partial charge in [0.1, 0.15) is 0 Å². The monoisotopic (exact) mass is 866 g/mol. The zero-order valence-electron chi connectivity index (χ0n) is 39.0. The molecule has 0 atom stereocenters. The van der Waals surface area contributed by atoms with E-state index in [1.807, 2.05) is 0 Å². The van der Waals surface area contributed by atoms with Gasteiger partial charge in [0.15, 0.2) is 0 Å². The number of hydrogen-bond acceptors (Lipinski definition) is 4. The van der Waals surface area contributed by atoms with E-state index < -0.39 is 0 Å². The molecule has 2 aromatic heterocycles. The highest BCUT2D eigenvalue weighted by molar-refractivity contribution is 7.17. The summed E-state index contributed by atoms with van der Waals surface area (Å²) < 4.78 is 2.64. The minimum Gasteiger partial charge on any atom is -0.311 e. The van der Waals surface area contributed by atoms with Crippen molar-refractivity contribution in [2.24, 2.45) is 0 Å². The molecule has 0 aliphatic carbocycles. The summed E-state index contributed by atoms with van der Waals surface area (Å²) in [6, 6.07) is 47.7. The van der Waals surface area contributed by atoms with E-state index in [4.69, 9.17) is 0 Å². The fourth-order valence-electron chi connectivity index (χ4n) is 10.7. The number of thiophene rings is 2. The lowest BCUT2D eigenvalue weighted by molar-refractivity contribution is 0.589. The summed E-state index contributed by atoms with van der Waals surface area (Å²) in [6.07, 6.45) is 0. The van der Waals surface area contributed by atoms with Crippen LogP contribution < -0.4 is 26.2 Å². The van der Waals surface area contributed by atoms with Gasteiger partial charge in [-0.3, -0.25) is 0 Å². The molecular weight excluding hydrogens is 812 g/mol. The second kappa shape index (κ2) is 14.6. The Balaban J connectivity index is 1.22. The standard InChI is InChI=1S/C59H55BN2S2/c1-34-24-51-55-52(25-34)62(57-37(4)28-46(29-38(57)5)59(9,10)11)50-33-42(40-15-19-54-44(31-40)21-23-64-54)13-17-48(50)60(55)47-16-12-41(39-14-18-53-43(30-39)20-22-63-53)32-49(47)61(51)56-35(2)26-45(27-36(56)3)58(6,7)8/h12-33H,1-11H3. The van der Waals surface area contributed by atoms with Gasteiger partial charge in [-0.05, 0) is 205 Å². The van der Waals surface area contributed by atoms with Gasteiger partial charge in [-0.1, -0.05) is 102 Å². The molecule has 2 nitrogen and oxygen atoms in total. The van der Waals surface area contributed by atoms with Crippen molar-refractivity contribution in [3.8, 4) is 22.3 Å². The zero-order chi connectivity index (χ0) is 44.6. The van der Waals surface area contributed by atoms with Crippen molar-refractivity contribution in [1.29, 1.82) is 0 Å². The van der Waals surface area contributed by atoms with Gasteiger partial charge >= 0.3 is 0 Å². The van der Waals surface area contributed by atoms with Gasteiger partial charge < -0.3 is 9.80 Å². The number of benzene rings is 7. The third kappa shape index (κ3) is 6.49. The number of aryl methyl sites for hydroxylation is 5. The van der Waals surface area contributed by atoms with Crippen molar-refractivity contribution >= 4 is 100 Å². The molecule has 7 aromatic carbocycles. The number of rotatable bonds is 4. The topological polar surface area (TPSA) is 6.48 Å². The summed E-state index contributed by atoms with van der Waals surface area (Å²) in [6.45, 7) is 25.5. The zero-order valence-corrected chi connectivity index (χ0v) is 40.6. The van der Waals surface area contributed by atoms with E-state index in [9.17, 15) is 0 Å². The van der Waals surface area contributed by atoms with Gasteiger partial charge in [-0.25, -0.2) is 0 Å². The molecular formula is C59H55BN2S2. The predicted octanol–water partition coefficient (Wildman–Crippen LogP) is 15.7. The number of hydrogen-bond donors (Lipinski definition) is 0. The summed E-state index contributed by atoms with van der Waals surface area (Å²) in [7, 11) is 0. The Hall–Kier alpha value is -5.88. The highest BCUT2D eigenvalue weighted by Crippen LogP contribution is 2.49. The van der Waals surface area contributed by atoms with Gasteiger partial charge in [0.05, 0.1) is 11.4 Å². The molecule has 316 valence electrons. The first kappa shape index (κ1) is 40.9. The maximum Gasteiger partial charge on any atom is 0.252 e. The third-order valence-electron chi connectivity index (χ3n) is 13.9. The normalized spacial score (nSPS) is 13.5. The van der Waals surface area contributed by atoms with E-state index in [1.54, 1.807) is 22.7 Å². The molecule has 0 radical (unpaired) electrons. The first-order chi connectivity index (χ1) is 30.5. The van der Waals surface area contributed by atoms with Gasteiger partial charge in [0.2, 0.25) is 0 Å². The van der Waals surface area contributed by atoms with Crippen molar-refractivity contribution in [3.63, 3.8) is 0 Å². The molecule has 0 saturated heterocycles. The molecule has 0 bridgehead atoms. The highest BCUT2D eigenvalue weighted by atomic mass is 32.1. The smallest absolute Gasteiger partial charge is 0.252 e. The minimum atomic E-state index is 0.0221. The summed E-state index contributed by atoms with van der Waals surface area (Å²) in [5.41, 5.74) is 25.8. The maximum absolute atomic E-state index is 2.64. The molecule has 0 saturated carbocycles. The van der Waals surface area contributed by atoms with E-state index in [2.05, 4.69) is 218 Å². The predicted molar refractivity (Wildman–Crippen MR) is 283 cm³/mol. The van der Waals surface area contributed by atoms with Gasteiger partial charge in [-0.2, -0.15) is 0 Å². The lowest BCUT2D eigenvalue weighted by atomic mass is 9.33. The summed E-state index contributed by atoms with van der Waals surface area (Å²) in [5.74, 6) is 0. The van der Waals surface area contributed by atoms with Crippen LogP contribution in [0.5, 0.6) is 0 Å². The van der Waals surface area contributed by atoms with Crippen LogP contribution in [0, 0.1) is 34.6 Å². The van der Waals surface area contributed by atoms with Crippen LogP contribution in [0.15, 0.2) is 132 Å². The van der Waals surface area contributed by atoms with E-state index in [1.165, 1.54) is 132 Å². The molecule has 9 aromatic rings.